The lowest BCUT2D eigenvalue weighted by atomic mass is 10.1. The molecule has 0 amide bonds. The fraction of sp³-hybridized carbons (Fsp3) is 0.350. The van der Waals surface area contributed by atoms with E-state index in [0.29, 0.717) is 24.7 Å². The summed E-state index contributed by atoms with van der Waals surface area (Å²) in [6.45, 7) is 1.54. The van der Waals surface area contributed by atoms with Crippen LogP contribution in [0, 0.1) is 0 Å². The van der Waals surface area contributed by atoms with Gasteiger partial charge in [0, 0.05) is 25.7 Å². The number of ether oxygens (including phenoxy) is 1. The van der Waals surface area contributed by atoms with E-state index in [2.05, 4.69) is 20.0 Å². The molecule has 1 aliphatic rings. The first-order chi connectivity index (χ1) is 13.2. The molecule has 0 radical (unpaired) electrons. The van der Waals surface area contributed by atoms with Crippen molar-refractivity contribution in [3.8, 4) is 17.2 Å². The summed E-state index contributed by atoms with van der Waals surface area (Å²) in [7, 11) is 1.65. The second-order valence-corrected chi connectivity index (χ2v) is 6.69. The normalized spacial score (nSPS) is 17.1. The van der Waals surface area contributed by atoms with Gasteiger partial charge < -0.3 is 19.3 Å². The molecule has 140 valence electrons. The maximum atomic E-state index is 9.82. The number of aliphatic hydroxyl groups is 1. The van der Waals surface area contributed by atoms with Gasteiger partial charge >= 0.3 is 0 Å². The Morgan fingerprint density at radius 3 is 2.78 bits per heavy atom. The Balaban J connectivity index is 1.44. The summed E-state index contributed by atoms with van der Waals surface area (Å²) in [6, 6.07) is 11.7. The Morgan fingerprint density at radius 1 is 1.22 bits per heavy atom. The average molecular weight is 366 g/mol. The summed E-state index contributed by atoms with van der Waals surface area (Å²) in [4.78, 5) is 11.1. The molecule has 7 heteroatoms. The van der Waals surface area contributed by atoms with Crippen LogP contribution in [0.2, 0.25) is 0 Å². The number of benzene rings is 1. The van der Waals surface area contributed by atoms with E-state index in [1.807, 2.05) is 36.4 Å². The SMILES string of the molecule is COc1ccc(Cc2noc(-c3ccc(N4CCCC(O)C4)nc3)n2)cc1. The maximum absolute atomic E-state index is 9.82. The van der Waals surface area contributed by atoms with Crippen molar-refractivity contribution in [2.24, 2.45) is 0 Å². The molecule has 3 heterocycles. The molecule has 0 saturated carbocycles. The Kier molecular flexibility index (Phi) is 5.02. The van der Waals surface area contributed by atoms with E-state index in [4.69, 9.17) is 9.26 Å². The third kappa shape index (κ3) is 4.09. The van der Waals surface area contributed by atoms with Gasteiger partial charge in [-0.15, -0.1) is 0 Å². The molecule has 3 aromatic rings. The highest BCUT2D eigenvalue weighted by Crippen LogP contribution is 2.22. The van der Waals surface area contributed by atoms with E-state index in [-0.39, 0.29) is 6.10 Å². The van der Waals surface area contributed by atoms with Crippen molar-refractivity contribution >= 4 is 5.82 Å². The first-order valence-electron chi connectivity index (χ1n) is 9.06. The Bertz CT molecular complexity index is 877. The monoisotopic (exact) mass is 366 g/mol. The van der Waals surface area contributed by atoms with Gasteiger partial charge in [0.2, 0.25) is 0 Å². The van der Waals surface area contributed by atoms with Crippen molar-refractivity contribution in [3.05, 3.63) is 54.0 Å². The van der Waals surface area contributed by atoms with Crippen LogP contribution in [-0.4, -0.2) is 46.5 Å². The number of hydrogen-bond donors (Lipinski definition) is 1. The van der Waals surface area contributed by atoms with E-state index in [1.54, 1.807) is 13.3 Å². The molecule has 1 aromatic carbocycles. The summed E-state index contributed by atoms with van der Waals surface area (Å²) < 4.78 is 10.6. The molecule has 7 nitrogen and oxygen atoms in total. The van der Waals surface area contributed by atoms with Gasteiger partial charge in [0.15, 0.2) is 5.82 Å². The number of pyridine rings is 1. The topological polar surface area (TPSA) is 84.5 Å². The van der Waals surface area contributed by atoms with Gasteiger partial charge in [-0.1, -0.05) is 17.3 Å². The van der Waals surface area contributed by atoms with Gasteiger partial charge in [-0.2, -0.15) is 4.98 Å². The molecular formula is C20H22N4O3. The van der Waals surface area contributed by atoms with E-state index in [0.717, 1.165) is 42.1 Å². The third-order valence-electron chi connectivity index (χ3n) is 4.70. The number of hydrogen-bond acceptors (Lipinski definition) is 7. The van der Waals surface area contributed by atoms with Crippen LogP contribution in [-0.2, 0) is 6.42 Å². The summed E-state index contributed by atoms with van der Waals surface area (Å²) in [6.07, 6.45) is 3.87. The van der Waals surface area contributed by atoms with Crippen LogP contribution in [0.4, 0.5) is 5.82 Å². The van der Waals surface area contributed by atoms with Gasteiger partial charge in [-0.3, -0.25) is 0 Å². The fourth-order valence-electron chi connectivity index (χ4n) is 3.23. The van der Waals surface area contributed by atoms with Crippen molar-refractivity contribution in [1.29, 1.82) is 0 Å². The second kappa shape index (κ2) is 7.75. The molecule has 0 aliphatic carbocycles. The summed E-state index contributed by atoms with van der Waals surface area (Å²) in [5, 5.41) is 13.9. The smallest absolute Gasteiger partial charge is 0.259 e. The molecule has 1 atom stereocenters. The summed E-state index contributed by atoms with van der Waals surface area (Å²) in [5.74, 6) is 2.75. The molecule has 1 N–H and O–H groups in total. The number of methoxy groups -OCH3 is 1. The van der Waals surface area contributed by atoms with E-state index in [9.17, 15) is 5.11 Å². The minimum absolute atomic E-state index is 0.281. The highest BCUT2D eigenvalue weighted by atomic mass is 16.5. The zero-order chi connectivity index (χ0) is 18.6. The highest BCUT2D eigenvalue weighted by molar-refractivity contribution is 5.55. The Labute approximate surface area is 157 Å². The highest BCUT2D eigenvalue weighted by Gasteiger charge is 2.19. The standard InChI is InChI=1S/C20H22N4O3/c1-26-17-7-4-14(5-8-17)11-18-22-20(27-23-18)15-6-9-19(21-12-15)24-10-2-3-16(25)13-24/h4-9,12,16,25H,2-3,10-11,13H2,1H3. The number of β-amino-alcohol motifs (C(OH)–C–C–N with tert-alkyl or cyclic N) is 1. The van der Waals surface area contributed by atoms with Crippen LogP contribution < -0.4 is 9.64 Å². The van der Waals surface area contributed by atoms with Crippen molar-refractivity contribution in [3.63, 3.8) is 0 Å². The van der Waals surface area contributed by atoms with Gasteiger partial charge in [-0.25, -0.2) is 4.98 Å². The molecule has 4 rings (SSSR count). The van der Waals surface area contributed by atoms with Crippen LogP contribution in [0.15, 0.2) is 47.1 Å². The summed E-state index contributed by atoms with van der Waals surface area (Å²) >= 11 is 0. The quantitative estimate of drug-likeness (QED) is 0.743. The number of aromatic nitrogens is 3. The molecule has 0 spiro atoms. The summed E-state index contributed by atoms with van der Waals surface area (Å²) in [5.41, 5.74) is 1.87. The predicted molar refractivity (Wildman–Crippen MR) is 101 cm³/mol. The minimum Gasteiger partial charge on any atom is -0.497 e. The first-order valence-corrected chi connectivity index (χ1v) is 9.06. The largest absolute Gasteiger partial charge is 0.497 e. The molecule has 2 aromatic heterocycles. The molecule has 1 fully saturated rings. The zero-order valence-electron chi connectivity index (χ0n) is 15.2. The lowest BCUT2D eigenvalue weighted by Crippen LogP contribution is -2.38. The first kappa shape index (κ1) is 17.5. The van der Waals surface area contributed by atoms with Gasteiger partial charge in [0.25, 0.3) is 5.89 Å². The van der Waals surface area contributed by atoms with Crippen molar-refractivity contribution in [1.82, 2.24) is 15.1 Å². The predicted octanol–water partition coefficient (Wildman–Crippen LogP) is 2.69. The molecule has 0 bridgehead atoms. The van der Waals surface area contributed by atoms with Crippen LogP contribution in [0.1, 0.15) is 24.2 Å². The number of nitrogens with zero attached hydrogens (tertiary/aromatic N) is 4. The Hall–Kier alpha value is -2.93. The van der Waals surface area contributed by atoms with Crippen molar-refractivity contribution in [2.45, 2.75) is 25.4 Å². The average Bonchev–Trinajstić information content (AvgIpc) is 3.17. The minimum atomic E-state index is -0.281. The maximum Gasteiger partial charge on any atom is 0.259 e. The van der Waals surface area contributed by atoms with Crippen LogP contribution >= 0.6 is 0 Å². The second-order valence-electron chi connectivity index (χ2n) is 6.69. The van der Waals surface area contributed by atoms with Crippen LogP contribution in [0.3, 0.4) is 0 Å². The number of piperidine rings is 1. The van der Waals surface area contributed by atoms with Gasteiger partial charge in [-0.05, 0) is 42.7 Å². The lowest BCUT2D eigenvalue weighted by Gasteiger charge is -2.30. The zero-order valence-corrected chi connectivity index (χ0v) is 15.2. The van der Waals surface area contributed by atoms with Gasteiger partial charge in [0.05, 0.1) is 18.8 Å². The number of anilines is 1. The van der Waals surface area contributed by atoms with E-state index < -0.39 is 0 Å². The van der Waals surface area contributed by atoms with Crippen molar-refractivity contribution in [2.75, 3.05) is 25.1 Å². The molecule has 1 unspecified atom stereocenters. The number of aliphatic hydroxyl groups excluding tert-OH is 1. The Morgan fingerprint density at radius 2 is 2.07 bits per heavy atom. The fourth-order valence-corrected chi connectivity index (χ4v) is 3.23. The van der Waals surface area contributed by atoms with Crippen LogP contribution in [0.25, 0.3) is 11.5 Å². The van der Waals surface area contributed by atoms with Crippen LogP contribution in [0.5, 0.6) is 5.75 Å². The van der Waals surface area contributed by atoms with E-state index in [1.165, 1.54) is 0 Å². The third-order valence-corrected chi connectivity index (χ3v) is 4.70. The van der Waals surface area contributed by atoms with Crippen molar-refractivity contribution < 1.29 is 14.4 Å². The molecular weight excluding hydrogens is 344 g/mol. The van der Waals surface area contributed by atoms with Gasteiger partial charge in [0.1, 0.15) is 11.6 Å². The molecule has 1 saturated heterocycles. The van der Waals surface area contributed by atoms with E-state index >= 15 is 0 Å². The number of rotatable bonds is 5. The molecule has 27 heavy (non-hydrogen) atoms. The molecule has 1 aliphatic heterocycles. The lowest BCUT2D eigenvalue weighted by molar-refractivity contribution is 0.154.